The van der Waals surface area contributed by atoms with Crippen LogP contribution in [0, 0.1) is 6.92 Å². The maximum absolute atomic E-state index is 12.2. The van der Waals surface area contributed by atoms with Crippen LogP contribution in [-0.4, -0.2) is 41.0 Å². The predicted octanol–water partition coefficient (Wildman–Crippen LogP) is 3.70. The van der Waals surface area contributed by atoms with Crippen molar-refractivity contribution in [1.82, 2.24) is 18.5 Å². The van der Waals surface area contributed by atoms with Gasteiger partial charge in [-0.1, -0.05) is 12.1 Å². The molecule has 0 aliphatic rings. The summed E-state index contributed by atoms with van der Waals surface area (Å²) >= 11 is 1.62. The second kappa shape index (κ2) is 7.58. The van der Waals surface area contributed by atoms with Crippen LogP contribution in [0.4, 0.5) is 0 Å². The van der Waals surface area contributed by atoms with E-state index in [2.05, 4.69) is 10.1 Å². The van der Waals surface area contributed by atoms with Gasteiger partial charge in [0.05, 0.1) is 15.9 Å². The van der Waals surface area contributed by atoms with Crippen molar-refractivity contribution in [2.45, 2.75) is 13.5 Å². The molecule has 2 heterocycles. The molecule has 0 saturated carbocycles. The molecule has 0 amide bonds. The fourth-order valence-electron chi connectivity index (χ4n) is 2.89. The number of aromatic nitrogens is 3. The van der Waals surface area contributed by atoms with Crippen molar-refractivity contribution in [3.05, 3.63) is 65.3 Å². The Kier molecular flexibility index (Phi) is 5.12. The molecule has 4 rings (SSSR count). The van der Waals surface area contributed by atoms with Gasteiger partial charge in [-0.05, 0) is 48.9 Å². The fourth-order valence-corrected chi connectivity index (χ4v) is 4.51. The van der Waals surface area contributed by atoms with Gasteiger partial charge in [-0.15, -0.1) is 11.3 Å². The van der Waals surface area contributed by atoms with Crippen molar-refractivity contribution in [3.63, 3.8) is 0 Å². The van der Waals surface area contributed by atoms with Gasteiger partial charge >= 0.3 is 10.2 Å². The second-order valence-corrected chi connectivity index (χ2v) is 9.82. The Morgan fingerprint density at radius 2 is 1.93 bits per heavy atom. The fraction of sp³-hybridized carbons (Fsp3) is 0.200. The average molecular weight is 429 g/mol. The first-order valence-corrected chi connectivity index (χ1v) is 11.1. The Morgan fingerprint density at radius 1 is 1.14 bits per heavy atom. The maximum Gasteiger partial charge on any atom is 0.322 e. The number of thiazole rings is 1. The highest BCUT2D eigenvalue weighted by molar-refractivity contribution is 7.87. The van der Waals surface area contributed by atoms with Crippen LogP contribution in [0.3, 0.4) is 0 Å². The molecule has 0 atom stereocenters. The standard InChI is InChI=1S/C20H20N4O3S2/c1-14-12-15(27-13-20-21-18-6-4-5-7-19(18)28-20)8-9-16(14)17-10-11-24(22-17)29(25,26)23(2)3/h4-12H,13H2,1-3H3. The molecular weight excluding hydrogens is 408 g/mol. The Morgan fingerprint density at radius 3 is 2.66 bits per heavy atom. The third kappa shape index (κ3) is 3.89. The molecule has 4 aromatic rings. The van der Waals surface area contributed by atoms with Gasteiger partial charge in [0.25, 0.3) is 0 Å². The maximum atomic E-state index is 12.2. The van der Waals surface area contributed by atoms with Crippen LogP contribution >= 0.6 is 11.3 Å². The summed E-state index contributed by atoms with van der Waals surface area (Å²) in [6.07, 6.45) is 1.45. The van der Waals surface area contributed by atoms with E-state index in [9.17, 15) is 8.42 Å². The van der Waals surface area contributed by atoms with E-state index in [0.717, 1.165) is 40.5 Å². The molecule has 0 radical (unpaired) electrons. The quantitative estimate of drug-likeness (QED) is 0.468. The van der Waals surface area contributed by atoms with Gasteiger partial charge in [-0.3, -0.25) is 0 Å². The molecule has 29 heavy (non-hydrogen) atoms. The van der Waals surface area contributed by atoms with E-state index in [1.54, 1.807) is 17.4 Å². The minimum absolute atomic E-state index is 0.397. The molecule has 9 heteroatoms. The molecule has 0 aliphatic heterocycles. The van der Waals surface area contributed by atoms with Gasteiger partial charge in [0, 0.05) is 25.9 Å². The van der Waals surface area contributed by atoms with E-state index in [4.69, 9.17) is 4.74 Å². The highest BCUT2D eigenvalue weighted by Crippen LogP contribution is 2.27. The molecule has 2 aromatic carbocycles. The number of ether oxygens (including phenoxy) is 1. The number of para-hydroxylation sites is 1. The number of hydrogen-bond donors (Lipinski definition) is 0. The lowest BCUT2D eigenvalue weighted by Gasteiger charge is -2.10. The monoisotopic (exact) mass is 428 g/mol. The van der Waals surface area contributed by atoms with Crippen LogP contribution in [0.2, 0.25) is 0 Å². The Hall–Kier alpha value is -2.75. The zero-order chi connectivity index (χ0) is 20.6. The minimum Gasteiger partial charge on any atom is -0.486 e. The smallest absolute Gasteiger partial charge is 0.322 e. The minimum atomic E-state index is -3.63. The highest BCUT2D eigenvalue weighted by Gasteiger charge is 2.18. The number of nitrogens with zero attached hydrogens (tertiary/aromatic N) is 4. The molecule has 0 spiro atoms. The van der Waals surface area contributed by atoms with Gasteiger partial charge in [0.2, 0.25) is 0 Å². The molecule has 0 saturated heterocycles. The number of rotatable bonds is 6. The van der Waals surface area contributed by atoms with E-state index in [1.807, 2.05) is 49.4 Å². The summed E-state index contributed by atoms with van der Waals surface area (Å²) in [5, 5.41) is 5.14. The Bertz CT molecular complexity index is 1240. The third-order valence-corrected chi connectivity index (χ3v) is 7.05. The summed E-state index contributed by atoms with van der Waals surface area (Å²) in [4.78, 5) is 4.58. The Balaban J connectivity index is 1.51. The molecule has 0 bridgehead atoms. The first-order valence-electron chi connectivity index (χ1n) is 8.91. The van der Waals surface area contributed by atoms with Crippen LogP contribution in [-0.2, 0) is 16.8 Å². The van der Waals surface area contributed by atoms with Crippen molar-refractivity contribution in [2.75, 3.05) is 14.1 Å². The second-order valence-electron chi connectivity index (χ2n) is 6.70. The third-order valence-electron chi connectivity index (χ3n) is 4.44. The summed E-state index contributed by atoms with van der Waals surface area (Å²) in [6.45, 7) is 2.34. The topological polar surface area (TPSA) is 77.3 Å². The predicted molar refractivity (Wildman–Crippen MR) is 114 cm³/mol. The molecule has 0 aliphatic carbocycles. The van der Waals surface area contributed by atoms with Gasteiger partial charge in [0.15, 0.2) is 0 Å². The summed E-state index contributed by atoms with van der Waals surface area (Å²) in [5.74, 6) is 0.728. The highest BCUT2D eigenvalue weighted by atomic mass is 32.2. The van der Waals surface area contributed by atoms with Crippen LogP contribution in [0.15, 0.2) is 54.7 Å². The van der Waals surface area contributed by atoms with Crippen molar-refractivity contribution in [3.8, 4) is 17.0 Å². The average Bonchev–Trinajstić information content (AvgIpc) is 3.33. The van der Waals surface area contributed by atoms with Crippen molar-refractivity contribution < 1.29 is 13.2 Å². The molecule has 7 nitrogen and oxygen atoms in total. The van der Waals surface area contributed by atoms with Crippen molar-refractivity contribution >= 4 is 31.8 Å². The van der Waals surface area contributed by atoms with E-state index in [-0.39, 0.29) is 0 Å². The van der Waals surface area contributed by atoms with Crippen molar-refractivity contribution in [1.29, 1.82) is 0 Å². The largest absolute Gasteiger partial charge is 0.486 e. The molecule has 150 valence electrons. The lowest BCUT2D eigenvalue weighted by molar-refractivity contribution is 0.305. The first-order chi connectivity index (χ1) is 13.8. The zero-order valence-corrected chi connectivity index (χ0v) is 17.9. The van der Waals surface area contributed by atoms with Crippen LogP contribution in [0.5, 0.6) is 5.75 Å². The van der Waals surface area contributed by atoms with E-state index < -0.39 is 10.2 Å². The molecular formula is C20H20N4O3S2. The summed E-state index contributed by atoms with van der Waals surface area (Å²) < 4.78 is 33.5. The van der Waals surface area contributed by atoms with Crippen LogP contribution < -0.4 is 4.74 Å². The summed E-state index contributed by atoms with van der Waals surface area (Å²) in [6, 6.07) is 15.4. The van der Waals surface area contributed by atoms with E-state index in [0.29, 0.717) is 12.3 Å². The molecule has 0 fully saturated rings. The Labute approximate surface area is 173 Å². The van der Waals surface area contributed by atoms with E-state index in [1.165, 1.54) is 20.3 Å². The summed E-state index contributed by atoms with van der Waals surface area (Å²) in [7, 11) is -0.684. The van der Waals surface area contributed by atoms with Gasteiger partial charge in [0.1, 0.15) is 17.4 Å². The number of hydrogen-bond acceptors (Lipinski definition) is 6. The van der Waals surface area contributed by atoms with Gasteiger partial charge in [-0.25, -0.2) is 4.98 Å². The van der Waals surface area contributed by atoms with Crippen LogP contribution in [0.25, 0.3) is 21.5 Å². The number of aryl methyl sites for hydroxylation is 1. The van der Waals surface area contributed by atoms with Crippen LogP contribution in [0.1, 0.15) is 10.6 Å². The molecule has 2 aromatic heterocycles. The zero-order valence-electron chi connectivity index (χ0n) is 16.2. The lowest BCUT2D eigenvalue weighted by atomic mass is 10.1. The normalized spacial score (nSPS) is 12.0. The van der Waals surface area contributed by atoms with Crippen molar-refractivity contribution in [2.24, 2.45) is 0 Å². The lowest BCUT2D eigenvalue weighted by Crippen LogP contribution is -2.29. The summed E-state index contributed by atoms with van der Waals surface area (Å²) in [5.41, 5.74) is 3.36. The van der Waals surface area contributed by atoms with Gasteiger partial charge < -0.3 is 4.74 Å². The first kappa shape index (κ1) is 19.6. The SMILES string of the molecule is Cc1cc(OCc2nc3ccccc3s2)ccc1-c1ccn(S(=O)(=O)N(C)C)n1. The molecule has 0 N–H and O–H groups in total. The molecule has 0 unspecified atom stereocenters. The number of benzene rings is 2. The van der Waals surface area contributed by atoms with E-state index >= 15 is 0 Å². The number of fused-ring (bicyclic) bond motifs is 1. The van der Waals surface area contributed by atoms with Gasteiger partial charge in [-0.2, -0.15) is 21.9 Å².